The monoisotopic (exact) mass is 416 g/mol. The first-order valence-corrected chi connectivity index (χ1v) is 11.3. The van der Waals surface area contributed by atoms with Gasteiger partial charge in [-0.25, -0.2) is 8.42 Å². The van der Waals surface area contributed by atoms with Gasteiger partial charge in [-0.15, -0.1) is 0 Å². The number of benzene rings is 2. The highest BCUT2D eigenvalue weighted by Crippen LogP contribution is 2.28. The molecule has 1 N–H and O–H groups in total. The molecule has 0 radical (unpaired) electrons. The molecule has 1 aliphatic heterocycles. The topological polar surface area (TPSA) is 75.7 Å². The van der Waals surface area contributed by atoms with E-state index in [9.17, 15) is 13.2 Å². The number of nitrogens with zero attached hydrogens (tertiary/aromatic N) is 1. The Morgan fingerprint density at radius 1 is 1.00 bits per heavy atom. The second-order valence-corrected chi connectivity index (χ2v) is 9.28. The van der Waals surface area contributed by atoms with Crippen molar-refractivity contribution in [3.63, 3.8) is 0 Å². The van der Waals surface area contributed by atoms with Gasteiger partial charge >= 0.3 is 0 Å². The average Bonchev–Trinajstić information content (AvgIpc) is 2.70. The van der Waals surface area contributed by atoms with Crippen LogP contribution in [0.15, 0.2) is 35.2 Å². The Morgan fingerprint density at radius 3 is 2.21 bits per heavy atom. The molecule has 2 aromatic rings. The molecule has 3 rings (SSSR count). The number of carbonyl (C=O) groups is 1. The number of hydrogen-bond acceptors (Lipinski definition) is 4. The number of amides is 1. The van der Waals surface area contributed by atoms with Crippen LogP contribution in [0, 0.1) is 20.8 Å². The standard InChI is InChI=1S/C22H28N2O4S/c1-15-12-16(2)21(17(3)13-15)23-29(26,27)18-8-9-20(28-4)19(14-18)22(25)24-10-6-5-7-11-24/h8-9,12-14,23H,5-7,10-11H2,1-4H3. The second kappa shape index (κ2) is 8.45. The molecule has 1 aliphatic rings. The molecule has 7 heteroatoms. The largest absolute Gasteiger partial charge is 0.496 e. The Labute approximate surface area is 172 Å². The third kappa shape index (κ3) is 4.56. The first-order valence-electron chi connectivity index (χ1n) is 9.81. The number of rotatable bonds is 5. The molecule has 0 aliphatic carbocycles. The molecular formula is C22H28N2O4S. The minimum absolute atomic E-state index is 0.0398. The van der Waals surface area contributed by atoms with Crippen LogP contribution in [0.3, 0.4) is 0 Å². The van der Waals surface area contributed by atoms with Gasteiger partial charge in [0.05, 0.1) is 23.3 Å². The summed E-state index contributed by atoms with van der Waals surface area (Å²) in [6.45, 7) is 7.08. The van der Waals surface area contributed by atoms with Crippen LogP contribution in [0.1, 0.15) is 46.3 Å². The summed E-state index contributed by atoms with van der Waals surface area (Å²) in [5.41, 5.74) is 3.61. The van der Waals surface area contributed by atoms with Crippen LogP contribution in [-0.2, 0) is 10.0 Å². The van der Waals surface area contributed by atoms with Crippen molar-refractivity contribution in [2.24, 2.45) is 0 Å². The zero-order valence-corrected chi connectivity index (χ0v) is 18.2. The predicted molar refractivity (Wildman–Crippen MR) is 114 cm³/mol. The number of sulfonamides is 1. The first kappa shape index (κ1) is 21.2. The number of carbonyl (C=O) groups excluding carboxylic acids is 1. The van der Waals surface area contributed by atoms with E-state index in [1.165, 1.54) is 19.2 Å². The number of piperidine rings is 1. The molecule has 0 bridgehead atoms. The van der Waals surface area contributed by atoms with E-state index in [0.717, 1.165) is 36.0 Å². The molecular weight excluding hydrogens is 388 g/mol. The van der Waals surface area contributed by atoms with Gasteiger partial charge in [-0.1, -0.05) is 17.7 Å². The summed E-state index contributed by atoms with van der Waals surface area (Å²) >= 11 is 0. The van der Waals surface area contributed by atoms with E-state index in [0.29, 0.717) is 24.5 Å². The average molecular weight is 417 g/mol. The van der Waals surface area contributed by atoms with Gasteiger partial charge in [-0.05, 0) is 69.4 Å². The fourth-order valence-corrected chi connectivity index (χ4v) is 5.05. The number of aryl methyl sites for hydroxylation is 3. The van der Waals surface area contributed by atoms with Crippen molar-refractivity contribution in [1.29, 1.82) is 0 Å². The van der Waals surface area contributed by atoms with Gasteiger partial charge in [0.25, 0.3) is 15.9 Å². The van der Waals surface area contributed by atoms with Gasteiger partial charge in [0.1, 0.15) is 5.75 Å². The lowest BCUT2D eigenvalue weighted by atomic mass is 10.1. The molecule has 156 valence electrons. The molecule has 1 heterocycles. The molecule has 2 aromatic carbocycles. The van der Waals surface area contributed by atoms with E-state index in [-0.39, 0.29) is 16.4 Å². The number of methoxy groups -OCH3 is 1. The fourth-order valence-electron chi connectivity index (χ4n) is 3.82. The smallest absolute Gasteiger partial charge is 0.261 e. The normalized spacial score (nSPS) is 14.6. The molecule has 0 spiro atoms. The molecule has 0 aromatic heterocycles. The fraction of sp³-hybridized carbons (Fsp3) is 0.409. The van der Waals surface area contributed by atoms with Crippen molar-refractivity contribution in [3.8, 4) is 5.75 Å². The summed E-state index contributed by atoms with van der Waals surface area (Å²) in [6, 6.07) is 8.29. The molecule has 0 unspecified atom stereocenters. The highest BCUT2D eigenvalue weighted by molar-refractivity contribution is 7.92. The van der Waals surface area contributed by atoms with E-state index >= 15 is 0 Å². The Kier molecular flexibility index (Phi) is 6.17. The summed E-state index contributed by atoms with van der Waals surface area (Å²) in [4.78, 5) is 14.8. The van der Waals surface area contributed by atoms with Crippen LogP contribution in [0.5, 0.6) is 5.75 Å². The Balaban J connectivity index is 1.97. The maximum absolute atomic E-state index is 13.1. The number of anilines is 1. The van der Waals surface area contributed by atoms with Crippen LogP contribution in [0.4, 0.5) is 5.69 Å². The molecule has 0 saturated carbocycles. The summed E-state index contributed by atoms with van der Waals surface area (Å²) in [6.07, 6.45) is 3.02. The van der Waals surface area contributed by atoms with Crippen LogP contribution in [0.2, 0.25) is 0 Å². The molecule has 0 atom stereocenters. The summed E-state index contributed by atoms with van der Waals surface area (Å²) < 4.78 is 34.1. The summed E-state index contributed by atoms with van der Waals surface area (Å²) in [7, 11) is -2.38. The zero-order valence-electron chi connectivity index (χ0n) is 17.4. The first-order chi connectivity index (χ1) is 13.7. The number of nitrogens with one attached hydrogen (secondary N) is 1. The second-order valence-electron chi connectivity index (χ2n) is 7.59. The van der Waals surface area contributed by atoms with E-state index in [2.05, 4.69) is 4.72 Å². The van der Waals surface area contributed by atoms with Crippen molar-refractivity contribution in [2.45, 2.75) is 44.9 Å². The minimum atomic E-state index is -3.86. The van der Waals surface area contributed by atoms with Crippen LogP contribution < -0.4 is 9.46 Å². The Morgan fingerprint density at radius 2 is 1.62 bits per heavy atom. The number of ether oxygens (including phenoxy) is 1. The van der Waals surface area contributed by atoms with Gasteiger partial charge in [-0.2, -0.15) is 0 Å². The van der Waals surface area contributed by atoms with Crippen LogP contribution in [0.25, 0.3) is 0 Å². The van der Waals surface area contributed by atoms with Crippen molar-refractivity contribution in [3.05, 3.63) is 52.6 Å². The molecule has 1 fully saturated rings. The van der Waals surface area contributed by atoms with Crippen molar-refractivity contribution in [2.75, 3.05) is 24.9 Å². The quantitative estimate of drug-likeness (QED) is 0.798. The van der Waals surface area contributed by atoms with E-state index in [1.807, 2.05) is 32.9 Å². The number of likely N-dealkylation sites (tertiary alicyclic amines) is 1. The SMILES string of the molecule is COc1ccc(S(=O)(=O)Nc2c(C)cc(C)cc2C)cc1C(=O)N1CCCCC1. The highest BCUT2D eigenvalue weighted by atomic mass is 32.2. The Hall–Kier alpha value is -2.54. The maximum Gasteiger partial charge on any atom is 0.261 e. The van der Waals surface area contributed by atoms with Gasteiger partial charge in [0.2, 0.25) is 0 Å². The number of hydrogen-bond donors (Lipinski definition) is 1. The van der Waals surface area contributed by atoms with Gasteiger partial charge in [0.15, 0.2) is 0 Å². The molecule has 29 heavy (non-hydrogen) atoms. The van der Waals surface area contributed by atoms with E-state index in [4.69, 9.17) is 4.74 Å². The van der Waals surface area contributed by atoms with Crippen LogP contribution >= 0.6 is 0 Å². The molecule has 1 amide bonds. The van der Waals surface area contributed by atoms with E-state index < -0.39 is 10.0 Å². The zero-order chi connectivity index (χ0) is 21.2. The van der Waals surface area contributed by atoms with Gasteiger partial charge in [0, 0.05) is 13.1 Å². The lowest BCUT2D eigenvalue weighted by Crippen LogP contribution is -2.35. The Bertz CT molecular complexity index is 1000. The highest BCUT2D eigenvalue weighted by Gasteiger charge is 2.25. The third-order valence-corrected chi connectivity index (χ3v) is 6.62. The lowest BCUT2D eigenvalue weighted by Gasteiger charge is -2.27. The van der Waals surface area contributed by atoms with Crippen molar-refractivity contribution < 1.29 is 17.9 Å². The van der Waals surface area contributed by atoms with Crippen molar-refractivity contribution in [1.82, 2.24) is 4.90 Å². The maximum atomic E-state index is 13.1. The van der Waals surface area contributed by atoms with Crippen molar-refractivity contribution >= 4 is 21.6 Å². The molecule has 1 saturated heterocycles. The van der Waals surface area contributed by atoms with Crippen LogP contribution in [-0.4, -0.2) is 39.4 Å². The predicted octanol–water partition coefficient (Wildman–Crippen LogP) is 4.05. The summed E-state index contributed by atoms with van der Waals surface area (Å²) in [5.74, 6) is 0.184. The van der Waals surface area contributed by atoms with Gasteiger partial charge in [-0.3, -0.25) is 9.52 Å². The van der Waals surface area contributed by atoms with E-state index in [1.54, 1.807) is 11.0 Å². The van der Waals surface area contributed by atoms with Gasteiger partial charge < -0.3 is 9.64 Å². The third-order valence-electron chi connectivity index (χ3n) is 5.27. The minimum Gasteiger partial charge on any atom is -0.496 e. The summed E-state index contributed by atoms with van der Waals surface area (Å²) in [5, 5.41) is 0. The lowest BCUT2D eigenvalue weighted by molar-refractivity contribution is 0.0720. The molecule has 6 nitrogen and oxygen atoms in total.